The Kier molecular flexibility index (Phi) is 39.5. The van der Waals surface area contributed by atoms with Crippen molar-refractivity contribution in [1.29, 1.82) is 0 Å². The number of amides is 1. The third kappa shape index (κ3) is 30.1. The average molecular weight is 1510 g/mol. The molecule has 6 aromatic carbocycles. The van der Waals surface area contributed by atoms with E-state index in [0.29, 0.717) is 12.8 Å². The first-order chi connectivity index (χ1) is 53.8. The first-order valence-electron chi connectivity index (χ1n) is 40.2. The van der Waals surface area contributed by atoms with Gasteiger partial charge in [0.25, 0.3) is 0 Å². The van der Waals surface area contributed by atoms with E-state index >= 15 is 0 Å². The highest BCUT2D eigenvalue weighted by molar-refractivity contribution is 5.92. The molecule has 8 rings (SSSR count). The second-order valence-electron chi connectivity index (χ2n) is 28.5. The van der Waals surface area contributed by atoms with Gasteiger partial charge >= 0.3 is 35.8 Å². The fourth-order valence-electron chi connectivity index (χ4n) is 13.5. The van der Waals surface area contributed by atoms with Gasteiger partial charge in [0.1, 0.15) is 49.8 Å². The summed E-state index contributed by atoms with van der Waals surface area (Å²) in [6, 6.07) is 46.7. The molecule has 2 aliphatic heterocycles. The summed E-state index contributed by atoms with van der Waals surface area (Å²) >= 11 is 0. The van der Waals surface area contributed by atoms with Gasteiger partial charge in [-0.1, -0.05) is 283 Å². The van der Waals surface area contributed by atoms with Gasteiger partial charge in [0.05, 0.1) is 46.0 Å². The molecule has 2 fully saturated rings. The second kappa shape index (κ2) is 50.1. The first-order valence-corrected chi connectivity index (χ1v) is 40.2. The van der Waals surface area contributed by atoms with E-state index in [0.717, 1.165) is 51.4 Å². The molecule has 110 heavy (non-hydrogen) atoms. The molecule has 20 heteroatoms. The number of rotatable bonds is 50. The van der Waals surface area contributed by atoms with Gasteiger partial charge in [-0.3, -0.25) is 4.79 Å². The Labute approximate surface area is 649 Å². The zero-order chi connectivity index (χ0) is 77.8. The number of allylic oxidation sites excluding steroid dienone is 1. The van der Waals surface area contributed by atoms with E-state index in [2.05, 4.69) is 19.2 Å². The number of aliphatic hydroxyl groups is 2. The van der Waals surface area contributed by atoms with Crippen molar-refractivity contribution in [3.8, 4) is 0 Å². The van der Waals surface area contributed by atoms with Gasteiger partial charge in [0, 0.05) is 6.42 Å². The van der Waals surface area contributed by atoms with Crippen LogP contribution in [0.4, 0.5) is 0 Å². The lowest BCUT2D eigenvalue weighted by Crippen LogP contribution is -2.67. The Bertz CT molecular complexity index is 3620. The third-order valence-electron chi connectivity index (χ3n) is 19.8. The molecule has 0 spiro atoms. The number of carbonyl (C=O) groups excluding carboxylic acids is 7. The molecular weight excluding hydrogens is 1400 g/mol. The molecular formula is C90H115NO19. The average Bonchev–Trinajstić information content (AvgIpc) is 0.766. The lowest BCUT2D eigenvalue weighted by atomic mass is 9.96. The maximum Gasteiger partial charge on any atom is 0.338 e. The molecule has 0 bridgehead atoms. The molecule has 2 heterocycles. The van der Waals surface area contributed by atoms with Crippen LogP contribution < -0.4 is 5.32 Å². The highest BCUT2D eigenvalue weighted by atomic mass is 16.8. The Morgan fingerprint density at radius 2 is 0.727 bits per heavy atom. The lowest BCUT2D eigenvalue weighted by Gasteiger charge is -2.48. The van der Waals surface area contributed by atoms with Crippen LogP contribution in [0.1, 0.15) is 256 Å². The maximum atomic E-state index is 15.0. The van der Waals surface area contributed by atoms with E-state index < -0.39 is 129 Å². The minimum Gasteiger partial charge on any atom is -0.459 e. The van der Waals surface area contributed by atoms with Crippen molar-refractivity contribution in [2.75, 3.05) is 19.8 Å². The Morgan fingerprint density at radius 1 is 0.382 bits per heavy atom. The molecule has 0 aromatic heterocycles. The number of aliphatic hydroxyl groups excluding tert-OH is 2. The summed E-state index contributed by atoms with van der Waals surface area (Å²) in [5, 5.41) is 27.2. The number of esters is 6. The van der Waals surface area contributed by atoms with E-state index in [1.54, 1.807) is 127 Å². The van der Waals surface area contributed by atoms with E-state index in [1.807, 2.05) is 6.08 Å². The molecule has 2 saturated heterocycles. The molecule has 20 nitrogen and oxygen atoms in total. The van der Waals surface area contributed by atoms with Gasteiger partial charge in [-0.05, 0) is 98.1 Å². The van der Waals surface area contributed by atoms with Gasteiger partial charge in [0.15, 0.2) is 30.9 Å². The number of hydrogen-bond acceptors (Lipinski definition) is 19. The molecule has 1 amide bonds. The van der Waals surface area contributed by atoms with Crippen LogP contribution >= 0.6 is 0 Å². The van der Waals surface area contributed by atoms with E-state index in [-0.39, 0.29) is 45.7 Å². The number of benzene rings is 6. The van der Waals surface area contributed by atoms with Crippen LogP contribution in [-0.2, 0) is 52.2 Å². The summed E-state index contributed by atoms with van der Waals surface area (Å²) in [7, 11) is 0. The second-order valence-corrected chi connectivity index (χ2v) is 28.5. The summed E-state index contributed by atoms with van der Waals surface area (Å²) < 4.78 is 64.4. The SMILES string of the molecule is CCCCCCCCCCCCC/C=C/[C@@H](OC(=O)c1ccccc1)[C@H](CO[C@@H]1O[C@H](COC(=O)c2ccccc2)[C@@H](O[C@@H]2O[C@H](COC(=O)c3ccccc3)[C@H](O)[C@H](O)[C@H]2OC(=O)c2ccccc2)[C@H](OC(=O)c2ccccc2)[C@H]1OC(=O)c1ccccc1)NC(=O)CCCCCCCCCCCCCCCCC. The standard InChI is InChI=1S/C90H115NO19/c1-3-5-7-9-11-13-15-17-18-20-22-24-26-28-48-62-76(92)91-72(73(104-85(97)68-53-39-31-40-54-68)61-47-27-25-23-21-19-16-14-12-10-8-6-4-2)63-103-89-82(109-88(100)71-59-45-34-46-60-71)81(108-87(99)70-57-43-33-44-58-70)79(75(106-89)65-102-84(96)67-51-37-30-38-52-67)110-90-80(107-86(98)69-55-41-32-42-56-69)78(94)77(93)74(105-90)64-101-83(95)66-49-35-29-36-50-66/h29-47,49-61,72-75,77-82,89-90,93-94H,3-28,48,62-65H2,1-2H3,(H,91,92)/b61-47+/t72-,73+,74+,75+,77-,78-,79+,80+,81-,82+,89+,90-/m0/s1. The van der Waals surface area contributed by atoms with Crippen molar-refractivity contribution in [1.82, 2.24) is 5.32 Å². The van der Waals surface area contributed by atoms with Crippen molar-refractivity contribution in [2.45, 2.75) is 267 Å². The molecule has 0 radical (unpaired) electrons. The van der Waals surface area contributed by atoms with Crippen LogP contribution in [0.25, 0.3) is 0 Å². The summed E-state index contributed by atoms with van der Waals surface area (Å²) in [5.74, 6) is -5.69. The minimum absolute atomic E-state index is 0.0118. The van der Waals surface area contributed by atoms with Crippen LogP contribution in [0.2, 0.25) is 0 Å². The molecule has 0 saturated carbocycles. The summed E-state index contributed by atoms with van der Waals surface area (Å²) in [6.07, 6.45) is 14.1. The molecule has 6 aromatic rings. The number of nitrogens with one attached hydrogen (secondary N) is 1. The first kappa shape index (κ1) is 86.7. The minimum atomic E-state index is -2.06. The van der Waals surface area contributed by atoms with Gasteiger partial charge < -0.3 is 62.9 Å². The number of unbranched alkanes of at least 4 members (excludes halogenated alkanes) is 25. The zero-order valence-corrected chi connectivity index (χ0v) is 64.2. The van der Waals surface area contributed by atoms with Crippen LogP contribution in [-0.4, -0.2) is 145 Å². The van der Waals surface area contributed by atoms with Crippen molar-refractivity contribution < 1.29 is 91.1 Å². The Morgan fingerprint density at radius 3 is 1.15 bits per heavy atom. The topological polar surface area (TPSA) is 264 Å². The van der Waals surface area contributed by atoms with Gasteiger partial charge in [0.2, 0.25) is 5.91 Å². The molecule has 3 N–H and O–H groups in total. The summed E-state index contributed by atoms with van der Waals surface area (Å²) in [4.78, 5) is 101. The van der Waals surface area contributed by atoms with Crippen molar-refractivity contribution in [3.63, 3.8) is 0 Å². The van der Waals surface area contributed by atoms with Gasteiger partial charge in [-0.2, -0.15) is 0 Å². The molecule has 0 aliphatic carbocycles. The zero-order valence-electron chi connectivity index (χ0n) is 64.2. The fourth-order valence-corrected chi connectivity index (χ4v) is 13.5. The number of ether oxygens (including phenoxy) is 10. The summed E-state index contributed by atoms with van der Waals surface area (Å²) in [6.45, 7) is 2.47. The summed E-state index contributed by atoms with van der Waals surface area (Å²) in [5.41, 5.74) is 0.591. The largest absolute Gasteiger partial charge is 0.459 e. The normalized spacial score (nSPS) is 20.2. The van der Waals surface area contributed by atoms with Gasteiger partial charge in [-0.25, -0.2) is 28.8 Å². The van der Waals surface area contributed by atoms with Crippen LogP contribution in [0, 0.1) is 0 Å². The number of hydrogen-bond donors (Lipinski definition) is 3. The highest BCUT2D eigenvalue weighted by Gasteiger charge is 2.57. The van der Waals surface area contributed by atoms with E-state index in [9.17, 15) is 43.8 Å². The highest BCUT2D eigenvalue weighted by Crippen LogP contribution is 2.36. The monoisotopic (exact) mass is 1510 g/mol. The van der Waals surface area contributed by atoms with E-state index in [4.69, 9.17) is 47.4 Å². The van der Waals surface area contributed by atoms with Crippen molar-refractivity contribution >= 4 is 41.7 Å². The smallest absolute Gasteiger partial charge is 0.338 e. The van der Waals surface area contributed by atoms with Crippen molar-refractivity contribution in [3.05, 3.63) is 228 Å². The van der Waals surface area contributed by atoms with Crippen LogP contribution in [0.15, 0.2) is 194 Å². The number of carbonyl (C=O) groups is 7. The molecule has 594 valence electrons. The Hall–Kier alpha value is -8.89. The quantitative estimate of drug-likeness (QED) is 0.0139. The van der Waals surface area contributed by atoms with Crippen molar-refractivity contribution in [2.24, 2.45) is 0 Å². The Balaban J connectivity index is 1.15. The molecule has 0 unspecified atom stereocenters. The predicted octanol–water partition coefficient (Wildman–Crippen LogP) is 17.2. The third-order valence-corrected chi connectivity index (χ3v) is 19.8. The van der Waals surface area contributed by atoms with E-state index in [1.165, 1.54) is 170 Å². The molecule has 12 atom stereocenters. The van der Waals surface area contributed by atoms with Crippen LogP contribution in [0.5, 0.6) is 0 Å². The fraction of sp³-hybridized carbons (Fsp3) is 0.500. The lowest BCUT2D eigenvalue weighted by molar-refractivity contribution is -0.357. The van der Waals surface area contributed by atoms with Gasteiger partial charge in [-0.15, -0.1) is 0 Å². The molecule has 2 aliphatic rings. The predicted molar refractivity (Wildman–Crippen MR) is 418 cm³/mol. The van der Waals surface area contributed by atoms with Crippen LogP contribution in [0.3, 0.4) is 0 Å². The maximum absolute atomic E-state index is 15.0.